The minimum absolute atomic E-state index is 0.343. The van der Waals surface area contributed by atoms with Crippen molar-refractivity contribution in [2.45, 2.75) is 12.8 Å². The number of nitrogen functional groups attached to an aromatic ring is 2. The predicted octanol–water partition coefficient (Wildman–Crippen LogP) is 4.19. The number of esters is 1. The molecule has 4 heteroatoms. The van der Waals surface area contributed by atoms with E-state index in [4.69, 9.17) is 16.2 Å². The van der Waals surface area contributed by atoms with Crippen LogP contribution in [0.4, 0.5) is 11.4 Å². The average Bonchev–Trinajstić information content (AvgIpc) is 2.63. The SMILES string of the molecule is Nc1cc(N)cc(CCCOC(=O)C=Cc2cccc3ccccc23)c1. The number of ether oxygens (including phenoxy) is 1. The zero-order valence-electron chi connectivity index (χ0n) is 14.5. The van der Waals surface area contributed by atoms with Gasteiger partial charge < -0.3 is 16.2 Å². The molecule has 3 aromatic carbocycles. The normalized spacial score (nSPS) is 11.1. The standard InChI is InChI=1S/C22H22N2O2/c23-19-13-16(14-20(24)15-19)5-4-12-26-22(25)11-10-18-8-3-7-17-6-1-2-9-21(17)18/h1-3,6-11,13-15H,4-5,12,23-24H2. The van der Waals surface area contributed by atoms with Gasteiger partial charge in [0.05, 0.1) is 6.61 Å². The van der Waals surface area contributed by atoms with Crippen LogP contribution in [0.5, 0.6) is 0 Å². The van der Waals surface area contributed by atoms with Crippen molar-refractivity contribution in [1.82, 2.24) is 0 Å². The van der Waals surface area contributed by atoms with Crippen molar-refractivity contribution in [3.8, 4) is 0 Å². The first kappa shape index (κ1) is 17.5. The molecule has 0 heterocycles. The van der Waals surface area contributed by atoms with Crippen LogP contribution in [0.2, 0.25) is 0 Å². The van der Waals surface area contributed by atoms with Gasteiger partial charge in [0.25, 0.3) is 0 Å². The molecule has 0 aromatic heterocycles. The van der Waals surface area contributed by atoms with Crippen LogP contribution in [0, 0.1) is 0 Å². The number of hydrogen-bond donors (Lipinski definition) is 2. The molecule has 4 nitrogen and oxygen atoms in total. The summed E-state index contributed by atoms with van der Waals surface area (Å²) in [5, 5.41) is 2.25. The van der Waals surface area contributed by atoms with Crippen LogP contribution in [0.3, 0.4) is 0 Å². The third-order valence-corrected chi connectivity index (χ3v) is 4.11. The van der Waals surface area contributed by atoms with Gasteiger partial charge in [0.2, 0.25) is 0 Å². The van der Waals surface area contributed by atoms with Gasteiger partial charge >= 0.3 is 5.97 Å². The molecule has 3 aromatic rings. The summed E-state index contributed by atoms with van der Waals surface area (Å²) in [6, 6.07) is 19.6. The third kappa shape index (κ3) is 4.63. The lowest BCUT2D eigenvalue weighted by Gasteiger charge is -2.05. The molecule has 4 N–H and O–H groups in total. The number of hydrogen-bond acceptors (Lipinski definition) is 4. The van der Waals surface area contributed by atoms with E-state index < -0.39 is 0 Å². The lowest BCUT2D eigenvalue weighted by molar-refractivity contribution is -0.137. The molecule has 0 fully saturated rings. The first-order chi connectivity index (χ1) is 12.6. The highest BCUT2D eigenvalue weighted by Crippen LogP contribution is 2.19. The van der Waals surface area contributed by atoms with Crippen LogP contribution in [-0.4, -0.2) is 12.6 Å². The summed E-state index contributed by atoms with van der Waals surface area (Å²) in [5.74, 6) is -0.343. The van der Waals surface area contributed by atoms with Crippen molar-refractivity contribution >= 4 is 34.2 Å². The quantitative estimate of drug-likeness (QED) is 0.303. The fourth-order valence-corrected chi connectivity index (χ4v) is 2.94. The molecule has 0 atom stereocenters. The second kappa shape index (κ2) is 8.21. The lowest BCUT2D eigenvalue weighted by atomic mass is 10.0. The Balaban J connectivity index is 1.51. The fourth-order valence-electron chi connectivity index (χ4n) is 2.94. The zero-order valence-corrected chi connectivity index (χ0v) is 14.5. The van der Waals surface area contributed by atoms with Gasteiger partial charge in [-0.1, -0.05) is 42.5 Å². The first-order valence-electron chi connectivity index (χ1n) is 8.59. The van der Waals surface area contributed by atoms with Gasteiger partial charge in [-0.25, -0.2) is 4.79 Å². The number of nitrogens with two attached hydrogens (primary N) is 2. The number of fused-ring (bicyclic) bond motifs is 1. The van der Waals surface area contributed by atoms with E-state index in [1.807, 2.05) is 54.6 Å². The molecule has 0 spiro atoms. The van der Waals surface area contributed by atoms with E-state index in [0.29, 0.717) is 18.0 Å². The number of benzene rings is 3. The van der Waals surface area contributed by atoms with Gasteiger partial charge in [0, 0.05) is 17.5 Å². The predicted molar refractivity (Wildman–Crippen MR) is 108 cm³/mol. The Morgan fingerprint density at radius 1 is 0.962 bits per heavy atom. The Morgan fingerprint density at radius 2 is 1.69 bits per heavy atom. The second-order valence-corrected chi connectivity index (χ2v) is 6.18. The van der Waals surface area contributed by atoms with E-state index in [1.54, 1.807) is 12.1 Å². The number of rotatable bonds is 6. The van der Waals surface area contributed by atoms with E-state index in [-0.39, 0.29) is 5.97 Å². The fraction of sp³-hybridized carbons (Fsp3) is 0.136. The molecular formula is C22H22N2O2. The lowest BCUT2D eigenvalue weighted by Crippen LogP contribution is -2.03. The number of aryl methyl sites for hydroxylation is 1. The molecule has 0 aliphatic heterocycles. The van der Waals surface area contributed by atoms with Gasteiger partial charge in [0.1, 0.15) is 0 Å². The summed E-state index contributed by atoms with van der Waals surface area (Å²) in [4.78, 5) is 11.9. The Bertz CT molecular complexity index is 922. The van der Waals surface area contributed by atoms with Gasteiger partial charge in [-0.15, -0.1) is 0 Å². The largest absolute Gasteiger partial charge is 0.463 e. The number of carbonyl (C=O) groups is 1. The molecule has 0 saturated carbocycles. The van der Waals surface area contributed by atoms with E-state index in [9.17, 15) is 4.79 Å². The highest BCUT2D eigenvalue weighted by Gasteiger charge is 2.01. The van der Waals surface area contributed by atoms with Gasteiger partial charge in [-0.2, -0.15) is 0 Å². The summed E-state index contributed by atoms with van der Waals surface area (Å²) in [6.07, 6.45) is 4.75. The van der Waals surface area contributed by atoms with Gasteiger partial charge in [-0.3, -0.25) is 0 Å². The maximum absolute atomic E-state index is 11.9. The monoisotopic (exact) mass is 346 g/mol. The molecule has 0 bridgehead atoms. The molecule has 0 amide bonds. The highest BCUT2D eigenvalue weighted by molar-refractivity contribution is 5.94. The molecule has 132 valence electrons. The molecule has 0 radical (unpaired) electrons. The van der Waals surface area contributed by atoms with Gasteiger partial charge in [0.15, 0.2) is 0 Å². The van der Waals surface area contributed by atoms with Crippen molar-refractivity contribution in [3.63, 3.8) is 0 Å². The Morgan fingerprint density at radius 3 is 2.50 bits per heavy atom. The third-order valence-electron chi connectivity index (χ3n) is 4.11. The summed E-state index contributed by atoms with van der Waals surface area (Å²) < 4.78 is 5.27. The van der Waals surface area contributed by atoms with Crippen molar-refractivity contribution in [2.75, 3.05) is 18.1 Å². The molecule has 0 saturated heterocycles. The summed E-state index contributed by atoms with van der Waals surface area (Å²) in [5.41, 5.74) is 14.9. The smallest absolute Gasteiger partial charge is 0.330 e. The molecular weight excluding hydrogens is 324 g/mol. The van der Waals surface area contributed by atoms with E-state index in [0.717, 1.165) is 34.7 Å². The Kier molecular flexibility index (Phi) is 5.54. The van der Waals surface area contributed by atoms with Crippen molar-refractivity contribution < 1.29 is 9.53 Å². The van der Waals surface area contributed by atoms with Gasteiger partial charge in [-0.05, 0) is 59.0 Å². The van der Waals surface area contributed by atoms with Crippen LogP contribution in [0.1, 0.15) is 17.5 Å². The minimum atomic E-state index is -0.343. The first-order valence-corrected chi connectivity index (χ1v) is 8.59. The zero-order chi connectivity index (χ0) is 18.4. The van der Waals surface area contributed by atoms with E-state index in [2.05, 4.69) is 0 Å². The Hall–Kier alpha value is -3.27. The molecule has 0 aliphatic carbocycles. The van der Waals surface area contributed by atoms with Crippen LogP contribution in [0.25, 0.3) is 16.8 Å². The van der Waals surface area contributed by atoms with E-state index in [1.165, 1.54) is 6.08 Å². The molecule has 3 rings (SSSR count). The summed E-state index contributed by atoms with van der Waals surface area (Å²) >= 11 is 0. The molecule has 0 aliphatic rings. The maximum atomic E-state index is 11.9. The van der Waals surface area contributed by atoms with Crippen LogP contribution in [-0.2, 0) is 16.0 Å². The topological polar surface area (TPSA) is 78.3 Å². The highest BCUT2D eigenvalue weighted by atomic mass is 16.5. The van der Waals surface area contributed by atoms with Crippen LogP contribution < -0.4 is 11.5 Å². The number of anilines is 2. The van der Waals surface area contributed by atoms with Crippen molar-refractivity contribution in [3.05, 3.63) is 77.9 Å². The van der Waals surface area contributed by atoms with Crippen LogP contribution in [0.15, 0.2) is 66.7 Å². The summed E-state index contributed by atoms with van der Waals surface area (Å²) in [6.45, 7) is 0.355. The van der Waals surface area contributed by atoms with Crippen molar-refractivity contribution in [1.29, 1.82) is 0 Å². The van der Waals surface area contributed by atoms with E-state index >= 15 is 0 Å². The van der Waals surface area contributed by atoms with Crippen molar-refractivity contribution in [2.24, 2.45) is 0 Å². The minimum Gasteiger partial charge on any atom is -0.463 e. The number of carbonyl (C=O) groups excluding carboxylic acids is 1. The van der Waals surface area contributed by atoms with Crippen LogP contribution >= 0.6 is 0 Å². The molecule has 26 heavy (non-hydrogen) atoms. The molecule has 0 unspecified atom stereocenters. The average molecular weight is 346 g/mol. The Labute approximate surface area is 153 Å². The maximum Gasteiger partial charge on any atom is 0.330 e. The second-order valence-electron chi connectivity index (χ2n) is 6.18. The summed E-state index contributed by atoms with van der Waals surface area (Å²) in [7, 11) is 0.